The van der Waals surface area contributed by atoms with Gasteiger partial charge in [0.2, 0.25) is 0 Å². The van der Waals surface area contributed by atoms with Crippen LogP contribution >= 0.6 is 0 Å². The van der Waals surface area contributed by atoms with Gasteiger partial charge in [0, 0.05) is 13.0 Å². The first-order valence-corrected chi connectivity index (χ1v) is 10.1. The van der Waals surface area contributed by atoms with E-state index in [1.165, 1.54) is 51.4 Å². The van der Waals surface area contributed by atoms with Crippen molar-refractivity contribution in [3.05, 3.63) is 0 Å². The van der Waals surface area contributed by atoms with Gasteiger partial charge in [0.05, 0.1) is 19.8 Å². The predicted octanol–water partition coefficient (Wildman–Crippen LogP) is 5.28. The van der Waals surface area contributed by atoms with Crippen molar-refractivity contribution in [2.45, 2.75) is 90.9 Å². The molecule has 0 aliphatic carbocycles. The highest BCUT2D eigenvalue weighted by Crippen LogP contribution is 2.07. The molecule has 0 aliphatic rings. The number of ether oxygens (including phenoxy) is 3. The average Bonchev–Trinajstić information content (AvgIpc) is 2.59. The van der Waals surface area contributed by atoms with Crippen molar-refractivity contribution >= 4 is 5.97 Å². The van der Waals surface area contributed by atoms with Crippen LogP contribution in [0.15, 0.2) is 0 Å². The Bertz CT molecular complexity index is 256. The van der Waals surface area contributed by atoms with Crippen LogP contribution in [0.3, 0.4) is 0 Å². The molecule has 0 saturated carbocycles. The molecule has 24 heavy (non-hydrogen) atoms. The van der Waals surface area contributed by atoms with Gasteiger partial charge in [-0.15, -0.1) is 0 Å². The van der Waals surface area contributed by atoms with E-state index in [4.69, 9.17) is 14.2 Å². The van der Waals surface area contributed by atoms with Gasteiger partial charge in [0.25, 0.3) is 0 Å². The fraction of sp³-hybridized carbons (Fsp3) is 0.950. The zero-order chi connectivity index (χ0) is 17.7. The van der Waals surface area contributed by atoms with Crippen LogP contribution in [0.25, 0.3) is 0 Å². The first-order valence-electron chi connectivity index (χ1n) is 10.1. The summed E-state index contributed by atoms with van der Waals surface area (Å²) in [4.78, 5) is 11.5. The monoisotopic (exact) mass is 344 g/mol. The summed E-state index contributed by atoms with van der Waals surface area (Å²) >= 11 is 0. The molecular weight excluding hydrogens is 304 g/mol. The van der Waals surface area contributed by atoms with E-state index < -0.39 is 0 Å². The van der Waals surface area contributed by atoms with Crippen LogP contribution < -0.4 is 0 Å². The van der Waals surface area contributed by atoms with Crippen LogP contribution in [0.2, 0.25) is 0 Å². The smallest absolute Gasteiger partial charge is 0.305 e. The lowest BCUT2D eigenvalue weighted by atomic mass is 10.1. The maximum absolute atomic E-state index is 11.5. The van der Waals surface area contributed by atoms with Crippen LogP contribution in [-0.2, 0) is 19.0 Å². The van der Waals surface area contributed by atoms with Gasteiger partial charge < -0.3 is 14.2 Å². The van der Waals surface area contributed by atoms with E-state index in [2.05, 4.69) is 13.8 Å². The Morgan fingerprint density at radius 2 is 1.08 bits per heavy atom. The number of hydrogen-bond acceptors (Lipinski definition) is 4. The lowest BCUT2D eigenvalue weighted by Gasteiger charge is -2.07. The summed E-state index contributed by atoms with van der Waals surface area (Å²) < 4.78 is 16.0. The summed E-state index contributed by atoms with van der Waals surface area (Å²) in [6, 6.07) is 0. The van der Waals surface area contributed by atoms with Crippen LogP contribution in [0.4, 0.5) is 0 Å². The molecule has 4 heteroatoms. The summed E-state index contributed by atoms with van der Waals surface area (Å²) in [5.41, 5.74) is 0. The number of esters is 1. The number of carbonyl (C=O) groups is 1. The molecule has 0 aromatic heterocycles. The minimum absolute atomic E-state index is 0.0996. The van der Waals surface area contributed by atoms with Gasteiger partial charge >= 0.3 is 5.97 Å². The zero-order valence-corrected chi connectivity index (χ0v) is 16.2. The second-order valence-corrected chi connectivity index (χ2v) is 6.38. The van der Waals surface area contributed by atoms with Crippen molar-refractivity contribution < 1.29 is 19.0 Å². The number of rotatable bonds is 19. The predicted molar refractivity (Wildman–Crippen MR) is 99.3 cm³/mol. The molecule has 0 amide bonds. The van der Waals surface area contributed by atoms with Crippen LogP contribution in [0.1, 0.15) is 90.9 Å². The molecule has 0 bridgehead atoms. The first kappa shape index (κ1) is 23.4. The van der Waals surface area contributed by atoms with E-state index in [-0.39, 0.29) is 5.97 Å². The molecule has 0 saturated heterocycles. The summed E-state index contributed by atoms with van der Waals surface area (Å²) in [7, 11) is 0. The lowest BCUT2D eigenvalue weighted by molar-refractivity contribution is -0.145. The van der Waals surface area contributed by atoms with Gasteiger partial charge in [0.1, 0.15) is 6.61 Å². The maximum Gasteiger partial charge on any atom is 0.305 e. The summed E-state index contributed by atoms with van der Waals surface area (Å²) in [6.07, 6.45) is 13.9. The van der Waals surface area contributed by atoms with Crippen molar-refractivity contribution in [2.75, 3.05) is 33.0 Å². The molecule has 0 aromatic carbocycles. The third-order valence-corrected chi connectivity index (χ3v) is 3.99. The Hall–Kier alpha value is -0.610. The molecule has 0 fully saturated rings. The SMILES string of the molecule is CCCCCCCCC(=O)OCCOCCOCCCCCCC. The fourth-order valence-corrected chi connectivity index (χ4v) is 2.47. The second kappa shape index (κ2) is 20.4. The van der Waals surface area contributed by atoms with Crippen molar-refractivity contribution in [1.29, 1.82) is 0 Å². The zero-order valence-electron chi connectivity index (χ0n) is 16.2. The Labute approximate surface area is 149 Å². The molecule has 0 heterocycles. The molecular formula is C20H40O4. The fourth-order valence-electron chi connectivity index (χ4n) is 2.47. The Kier molecular flexibility index (Phi) is 19.9. The molecule has 0 atom stereocenters. The summed E-state index contributed by atoms with van der Waals surface area (Å²) in [5, 5.41) is 0. The first-order chi connectivity index (χ1) is 11.8. The largest absolute Gasteiger partial charge is 0.463 e. The summed E-state index contributed by atoms with van der Waals surface area (Å²) in [6.45, 7) is 7.26. The van der Waals surface area contributed by atoms with Gasteiger partial charge in [-0.3, -0.25) is 4.79 Å². The minimum Gasteiger partial charge on any atom is -0.463 e. The van der Waals surface area contributed by atoms with Gasteiger partial charge in [0.15, 0.2) is 0 Å². The normalized spacial score (nSPS) is 10.9. The van der Waals surface area contributed by atoms with E-state index in [9.17, 15) is 4.79 Å². The standard InChI is InChI=1S/C20H40O4/c1-3-5-7-9-10-12-14-20(21)24-19-18-23-17-16-22-15-13-11-8-6-4-2/h3-19H2,1-2H3. The van der Waals surface area contributed by atoms with E-state index >= 15 is 0 Å². The summed E-state index contributed by atoms with van der Waals surface area (Å²) in [5.74, 6) is -0.0996. The molecule has 0 aromatic rings. The van der Waals surface area contributed by atoms with E-state index in [1.54, 1.807) is 0 Å². The third kappa shape index (κ3) is 19.4. The van der Waals surface area contributed by atoms with Gasteiger partial charge in [-0.05, 0) is 12.8 Å². The maximum atomic E-state index is 11.5. The van der Waals surface area contributed by atoms with Crippen molar-refractivity contribution in [1.82, 2.24) is 0 Å². The third-order valence-electron chi connectivity index (χ3n) is 3.99. The highest BCUT2D eigenvalue weighted by atomic mass is 16.6. The van der Waals surface area contributed by atoms with E-state index in [0.29, 0.717) is 32.8 Å². The van der Waals surface area contributed by atoms with E-state index in [0.717, 1.165) is 25.9 Å². The molecule has 0 N–H and O–H groups in total. The van der Waals surface area contributed by atoms with Crippen molar-refractivity contribution in [3.8, 4) is 0 Å². The second-order valence-electron chi connectivity index (χ2n) is 6.38. The van der Waals surface area contributed by atoms with Gasteiger partial charge in [-0.1, -0.05) is 71.6 Å². The Morgan fingerprint density at radius 1 is 0.583 bits per heavy atom. The molecule has 0 rings (SSSR count). The highest BCUT2D eigenvalue weighted by molar-refractivity contribution is 5.69. The number of unbranched alkanes of at least 4 members (excludes halogenated alkanes) is 9. The highest BCUT2D eigenvalue weighted by Gasteiger charge is 2.02. The minimum atomic E-state index is -0.0996. The quantitative estimate of drug-likeness (QED) is 0.236. The molecule has 0 spiro atoms. The topological polar surface area (TPSA) is 44.8 Å². The Balaban J connectivity index is 3.11. The number of carbonyl (C=O) groups excluding carboxylic acids is 1. The van der Waals surface area contributed by atoms with Crippen molar-refractivity contribution in [3.63, 3.8) is 0 Å². The molecule has 0 aliphatic heterocycles. The molecule has 0 radical (unpaired) electrons. The van der Waals surface area contributed by atoms with E-state index in [1.807, 2.05) is 0 Å². The van der Waals surface area contributed by atoms with Crippen LogP contribution in [0.5, 0.6) is 0 Å². The Morgan fingerprint density at radius 3 is 1.75 bits per heavy atom. The number of hydrogen-bond donors (Lipinski definition) is 0. The van der Waals surface area contributed by atoms with Crippen LogP contribution in [0, 0.1) is 0 Å². The van der Waals surface area contributed by atoms with Gasteiger partial charge in [-0.2, -0.15) is 0 Å². The lowest BCUT2D eigenvalue weighted by Crippen LogP contribution is -2.13. The molecule has 144 valence electrons. The van der Waals surface area contributed by atoms with Crippen molar-refractivity contribution in [2.24, 2.45) is 0 Å². The van der Waals surface area contributed by atoms with Gasteiger partial charge in [-0.25, -0.2) is 0 Å². The molecule has 4 nitrogen and oxygen atoms in total. The van der Waals surface area contributed by atoms with Crippen LogP contribution in [-0.4, -0.2) is 39.0 Å². The molecule has 0 unspecified atom stereocenters. The average molecular weight is 345 g/mol.